The first-order chi connectivity index (χ1) is 39.5. The first-order valence-electron chi connectivity index (χ1n) is 27.7. The molecule has 1 aromatic heterocycles. The topological polar surface area (TPSA) is 19.6 Å². The van der Waals surface area contributed by atoms with E-state index in [0.29, 0.717) is 0 Å². The molecule has 80 heavy (non-hydrogen) atoms. The summed E-state index contributed by atoms with van der Waals surface area (Å²) in [6.45, 7) is 4.45. The van der Waals surface area contributed by atoms with E-state index in [1.54, 1.807) is 0 Å². The van der Waals surface area contributed by atoms with E-state index in [2.05, 4.69) is 303 Å². The molecule has 3 heteroatoms. The third-order valence-corrected chi connectivity index (χ3v) is 17.3. The minimum Gasteiger partial charge on any atom is -0.455 e. The fourth-order valence-electron chi connectivity index (χ4n) is 13.6. The zero-order valence-electron chi connectivity index (χ0n) is 44.4. The lowest BCUT2D eigenvalue weighted by molar-refractivity contribution is 0.669. The molecule has 0 radical (unpaired) electrons. The van der Waals surface area contributed by atoms with Gasteiger partial charge in [-0.3, -0.25) is 0 Å². The highest BCUT2D eigenvalue weighted by molar-refractivity contribution is 6.20. The number of hydrogen-bond donors (Lipinski definition) is 0. The maximum Gasteiger partial charge on any atom is 0.145 e. The smallest absolute Gasteiger partial charge is 0.145 e. The molecule has 2 aliphatic rings. The van der Waals surface area contributed by atoms with Gasteiger partial charge in [-0.2, -0.15) is 0 Å². The van der Waals surface area contributed by atoms with Gasteiger partial charge < -0.3 is 14.2 Å². The number of anilines is 6. The van der Waals surface area contributed by atoms with Crippen molar-refractivity contribution in [3.63, 3.8) is 0 Å². The minimum absolute atomic E-state index is 0.723. The van der Waals surface area contributed by atoms with Gasteiger partial charge in [-0.1, -0.05) is 206 Å². The van der Waals surface area contributed by atoms with Crippen molar-refractivity contribution < 1.29 is 4.42 Å². The Labute approximate surface area is 465 Å². The van der Waals surface area contributed by atoms with Crippen LogP contribution in [-0.4, -0.2) is 0 Å². The molecule has 3 nitrogen and oxygen atoms in total. The Balaban J connectivity index is 0.968. The first kappa shape index (κ1) is 45.9. The van der Waals surface area contributed by atoms with Crippen molar-refractivity contribution in [1.29, 1.82) is 0 Å². The van der Waals surface area contributed by atoms with Gasteiger partial charge in [-0.05, 0) is 181 Å². The molecular formula is C77H52N2O. The Bertz CT molecular complexity index is 4770. The predicted molar refractivity (Wildman–Crippen MR) is 335 cm³/mol. The highest BCUT2D eigenvalue weighted by Crippen LogP contribution is 2.66. The summed E-state index contributed by atoms with van der Waals surface area (Å²) in [5, 5.41) is 6.92. The molecular weight excluding hydrogens is 969 g/mol. The van der Waals surface area contributed by atoms with Gasteiger partial charge in [-0.25, -0.2) is 0 Å². The molecule has 0 saturated heterocycles. The second-order valence-electron chi connectivity index (χ2n) is 21.7. The summed E-state index contributed by atoms with van der Waals surface area (Å²) in [7, 11) is 0. The number of aryl methyl sites for hydroxylation is 2. The molecule has 13 aromatic carbocycles. The maximum atomic E-state index is 7.42. The number of fused-ring (bicyclic) bond motifs is 16. The van der Waals surface area contributed by atoms with Crippen molar-refractivity contribution >= 4 is 77.6 Å². The summed E-state index contributed by atoms with van der Waals surface area (Å²) in [4.78, 5) is 4.97. The van der Waals surface area contributed by atoms with Crippen LogP contribution in [-0.2, 0) is 5.41 Å². The average Bonchev–Trinajstić information content (AvgIpc) is 3.30. The zero-order valence-corrected chi connectivity index (χ0v) is 44.4. The van der Waals surface area contributed by atoms with Crippen molar-refractivity contribution in [2.75, 3.05) is 9.80 Å². The molecule has 0 N–H and O–H groups in total. The molecule has 0 bridgehead atoms. The van der Waals surface area contributed by atoms with E-state index < -0.39 is 5.41 Å². The van der Waals surface area contributed by atoms with Crippen LogP contribution in [0.3, 0.4) is 0 Å². The molecule has 0 atom stereocenters. The number of benzene rings is 13. The van der Waals surface area contributed by atoms with Crippen molar-refractivity contribution in [1.82, 2.24) is 0 Å². The van der Waals surface area contributed by atoms with Gasteiger partial charge in [0.25, 0.3) is 0 Å². The third-order valence-electron chi connectivity index (χ3n) is 17.3. The number of nitrogens with zero attached hydrogens (tertiary/aromatic N) is 2. The van der Waals surface area contributed by atoms with Crippen LogP contribution in [0.2, 0.25) is 0 Å². The van der Waals surface area contributed by atoms with Crippen LogP contribution >= 0.6 is 0 Å². The lowest BCUT2D eigenvalue weighted by atomic mass is 9.70. The summed E-state index contributed by atoms with van der Waals surface area (Å²) in [6, 6.07) is 103. The van der Waals surface area contributed by atoms with Crippen molar-refractivity contribution in [2.24, 2.45) is 0 Å². The molecule has 376 valence electrons. The van der Waals surface area contributed by atoms with Crippen LogP contribution in [0.5, 0.6) is 0 Å². The van der Waals surface area contributed by atoms with Crippen LogP contribution in [0.1, 0.15) is 33.4 Å². The molecule has 16 rings (SSSR count). The lowest BCUT2D eigenvalue weighted by Crippen LogP contribution is -2.26. The normalized spacial score (nSPS) is 12.7. The number of hydrogen-bond acceptors (Lipinski definition) is 3. The van der Waals surface area contributed by atoms with Crippen LogP contribution in [0.15, 0.2) is 283 Å². The van der Waals surface area contributed by atoms with E-state index >= 15 is 0 Å². The fraction of sp³-hybridized carbons (Fsp3) is 0.0390. The Kier molecular flexibility index (Phi) is 10.3. The summed E-state index contributed by atoms with van der Waals surface area (Å²) < 4.78 is 7.42. The van der Waals surface area contributed by atoms with Gasteiger partial charge in [0.15, 0.2) is 0 Å². The van der Waals surface area contributed by atoms with E-state index in [9.17, 15) is 0 Å². The third kappa shape index (κ3) is 6.87. The van der Waals surface area contributed by atoms with Crippen molar-refractivity contribution in [3.05, 3.63) is 312 Å². The van der Waals surface area contributed by atoms with E-state index in [1.165, 1.54) is 93.9 Å². The standard InChI is InChI=1S/C77H52N2O/c1-49-19-9-16-30-70(49)78(59-39-37-55-43-53(33-35-57(55)45-59)51-21-5-3-6-22-51)61-41-42-64-68(47-61)77(66-28-14-11-25-62(66)63-26-12-15-29-67(63)77)69-48-72(75-65-27-13-18-32-73(65)80-76(75)74(64)69)79(71-31-17-10-20-50(71)2)60-40-38-56-44-54(34-36-58(56)46-60)52-23-7-4-8-24-52/h3-48H,1-2H3. The van der Waals surface area contributed by atoms with Gasteiger partial charge in [0, 0.05) is 39.4 Å². The van der Waals surface area contributed by atoms with Crippen molar-refractivity contribution in [2.45, 2.75) is 19.3 Å². The number of para-hydroxylation sites is 3. The Morgan fingerprint density at radius 3 is 1.40 bits per heavy atom. The molecule has 14 aromatic rings. The van der Waals surface area contributed by atoms with Gasteiger partial charge in [0.1, 0.15) is 11.2 Å². The second-order valence-corrected chi connectivity index (χ2v) is 21.7. The highest BCUT2D eigenvalue weighted by atomic mass is 16.3. The largest absolute Gasteiger partial charge is 0.455 e. The van der Waals surface area contributed by atoms with E-state index in [4.69, 9.17) is 4.42 Å². The quantitative estimate of drug-likeness (QED) is 0.151. The van der Waals surface area contributed by atoms with Gasteiger partial charge in [0.2, 0.25) is 0 Å². The van der Waals surface area contributed by atoms with Gasteiger partial charge >= 0.3 is 0 Å². The molecule has 1 spiro atoms. The highest BCUT2D eigenvalue weighted by Gasteiger charge is 2.53. The maximum absolute atomic E-state index is 7.42. The molecule has 0 unspecified atom stereocenters. The molecule has 0 fully saturated rings. The minimum atomic E-state index is -0.723. The summed E-state index contributed by atoms with van der Waals surface area (Å²) in [5.74, 6) is 0. The monoisotopic (exact) mass is 1020 g/mol. The van der Waals surface area contributed by atoms with E-state index in [0.717, 1.165) is 61.6 Å². The molecule has 0 saturated carbocycles. The predicted octanol–water partition coefficient (Wildman–Crippen LogP) is 21.1. The lowest BCUT2D eigenvalue weighted by Gasteiger charge is -2.34. The summed E-state index contributed by atoms with van der Waals surface area (Å²) in [5.41, 5.74) is 24.6. The summed E-state index contributed by atoms with van der Waals surface area (Å²) in [6.07, 6.45) is 0. The van der Waals surface area contributed by atoms with Crippen LogP contribution < -0.4 is 9.80 Å². The van der Waals surface area contributed by atoms with Crippen LogP contribution in [0.25, 0.3) is 88.0 Å². The van der Waals surface area contributed by atoms with Crippen LogP contribution in [0.4, 0.5) is 34.1 Å². The second kappa shape index (κ2) is 17.9. The molecule has 2 aliphatic carbocycles. The van der Waals surface area contributed by atoms with E-state index in [1.807, 2.05) is 0 Å². The van der Waals surface area contributed by atoms with Gasteiger partial charge in [-0.15, -0.1) is 0 Å². The number of furan rings is 1. The Hall–Kier alpha value is -10.2. The average molecular weight is 1020 g/mol. The summed E-state index contributed by atoms with van der Waals surface area (Å²) >= 11 is 0. The Morgan fingerprint density at radius 1 is 0.312 bits per heavy atom. The molecule has 0 aliphatic heterocycles. The van der Waals surface area contributed by atoms with Crippen LogP contribution in [0, 0.1) is 13.8 Å². The first-order valence-corrected chi connectivity index (χ1v) is 27.7. The number of rotatable bonds is 8. The molecule has 1 heterocycles. The van der Waals surface area contributed by atoms with E-state index in [-0.39, 0.29) is 0 Å². The van der Waals surface area contributed by atoms with Gasteiger partial charge in [0.05, 0.1) is 16.5 Å². The van der Waals surface area contributed by atoms with Crippen molar-refractivity contribution in [3.8, 4) is 44.5 Å². The fourth-order valence-corrected chi connectivity index (χ4v) is 13.6. The SMILES string of the molecule is Cc1ccccc1N(c1ccc2c(c1)C1(c3ccccc3-c3ccccc31)c1cc(N(c3ccc4cc(-c5ccccc5)ccc4c3)c3ccccc3C)c3c(oc4ccccc43)c1-2)c1ccc2cc(-c3ccccc3)ccc2c1. The molecule has 0 amide bonds. The Morgan fingerprint density at radius 2 is 0.787 bits per heavy atom. The zero-order chi connectivity index (χ0) is 53.1.